The zero-order valence-electron chi connectivity index (χ0n) is 12.9. The van der Waals surface area contributed by atoms with Crippen molar-refractivity contribution in [2.45, 2.75) is 45.6 Å². The van der Waals surface area contributed by atoms with Gasteiger partial charge in [-0.1, -0.05) is 44.9 Å². The summed E-state index contributed by atoms with van der Waals surface area (Å²) in [5.74, 6) is 1.42. The van der Waals surface area contributed by atoms with Gasteiger partial charge in [-0.3, -0.25) is 4.79 Å². The van der Waals surface area contributed by atoms with E-state index >= 15 is 0 Å². The molecule has 0 aliphatic heterocycles. The molecule has 1 aliphatic rings. The van der Waals surface area contributed by atoms with E-state index in [1.807, 2.05) is 24.4 Å². The van der Waals surface area contributed by atoms with Gasteiger partial charge < -0.3 is 10.3 Å². The number of amides is 1. The predicted molar refractivity (Wildman–Crippen MR) is 86.1 cm³/mol. The maximum Gasteiger partial charge on any atom is 0.224 e. The molecule has 1 aromatic heterocycles. The van der Waals surface area contributed by atoms with Gasteiger partial charge in [-0.2, -0.15) is 0 Å². The molecule has 112 valence electrons. The highest BCUT2D eigenvalue weighted by molar-refractivity contribution is 5.88. The number of fused-ring (bicyclic) bond motifs is 1. The molecule has 1 fully saturated rings. The zero-order chi connectivity index (χ0) is 14.8. The summed E-state index contributed by atoms with van der Waals surface area (Å²) in [5.41, 5.74) is 2.18. The van der Waals surface area contributed by atoms with Crippen LogP contribution < -0.4 is 5.32 Å². The average Bonchev–Trinajstić information content (AvgIpc) is 2.87. The molecular weight excluding hydrogens is 260 g/mol. The number of aromatic amines is 1. The van der Waals surface area contributed by atoms with E-state index in [1.54, 1.807) is 0 Å². The summed E-state index contributed by atoms with van der Waals surface area (Å²) in [6.45, 7) is 4.56. The SMILES string of the molecule is C[C@@H]1[C@H](C)CCC[C@@H]1NC(=O)Cc1c[nH]c2ccccc12. The highest BCUT2D eigenvalue weighted by atomic mass is 16.1. The quantitative estimate of drug-likeness (QED) is 0.888. The molecule has 3 atom stereocenters. The van der Waals surface area contributed by atoms with Gasteiger partial charge in [0.2, 0.25) is 5.91 Å². The first-order valence-electron chi connectivity index (χ1n) is 7.99. The third kappa shape index (κ3) is 2.97. The number of rotatable bonds is 3. The molecule has 0 spiro atoms. The van der Waals surface area contributed by atoms with Crippen molar-refractivity contribution in [3.63, 3.8) is 0 Å². The van der Waals surface area contributed by atoms with E-state index in [0.29, 0.717) is 24.3 Å². The Hall–Kier alpha value is -1.77. The van der Waals surface area contributed by atoms with Crippen LogP contribution in [0.2, 0.25) is 0 Å². The maximum atomic E-state index is 12.3. The van der Waals surface area contributed by atoms with Crippen molar-refractivity contribution < 1.29 is 4.79 Å². The molecule has 0 unspecified atom stereocenters. The summed E-state index contributed by atoms with van der Waals surface area (Å²) in [7, 11) is 0. The number of benzene rings is 1. The van der Waals surface area contributed by atoms with Crippen molar-refractivity contribution in [1.29, 1.82) is 0 Å². The van der Waals surface area contributed by atoms with Crippen LogP contribution in [0.15, 0.2) is 30.5 Å². The minimum absolute atomic E-state index is 0.144. The van der Waals surface area contributed by atoms with E-state index in [1.165, 1.54) is 12.8 Å². The van der Waals surface area contributed by atoms with Crippen molar-refractivity contribution in [2.24, 2.45) is 11.8 Å². The zero-order valence-corrected chi connectivity index (χ0v) is 12.9. The number of hydrogen-bond donors (Lipinski definition) is 2. The van der Waals surface area contributed by atoms with Gasteiger partial charge >= 0.3 is 0 Å². The fourth-order valence-electron chi connectivity index (χ4n) is 3.49. The molecule has 3 heteroatoms. The molecular formula is C18H24N2O. The van der Waals surface area contributed by atoms with E-state index in [2.05, 4.69) is 30.2 Å². The summed E-state index contributed by atoms with van der Waals surface area (Å²) < 4.78 is 0. The van der Waals surface area contributed by atoms with E-state index in [9.17, 15) is 4.79 Å². The second-order valence-electron chi connectivity index (χ2n) is 6.48. The van der Waals surface area contributed by atoms with Crippen LogP contribution >= 0.6 is 0 Å². The van der Waals surface area contributed by atoms with Crippen molar-refractivity contribution >= 4 is 16.8 Å². The van der Waals surface area contributed by atoms with Crippen molar-refractivity contribution in [2.75, 3.05) is 0 Å². The second-order valence-corrected chi connectivity index (χ2v) is 6.48. The first-order valence-corrected chi connectivity index (χ1v) is 7.99. The lowest BCUT2D eigenvalue weighted by Crippen LogP contribution is -2.44. The molecule has 1 heterocycles. The van der Waals surface area contributed by atoms with Crippen LogP contribution in [0.5, 0.6) is 0 Å². The standard InChI is InChI=1S/C18H24N2O/c1-12-6-5-9-16(13(12)2)20-18(21)10-14-11-19-17-8-4-3-7-15(14)17/h3-4,7-8,11-13,16,19H,5-6,9-10H2,1-2H3,(H,20,21)/t12-,13-,16+/m1/s1. The summed E-state index contributed by atoms with van der Waals surface area (Å²) in [6.07, 6.45) is 6.05. The molecule has 0 radical (unpaired) electrons. The average molecular weight is 284 g/mol. The molecule has 1 aromatic carbocycles. The lowest BCUT2D eigenvalue weighted by molar-refractivity contribution is -0.121. The fourth-order valence-corrected chi connectivity index (χ4v) is 3.49. The Kier molecular flexibility index (Phi) is 4.00. The van der Waals surface area contributed by atoms with Crippen molar-refractivity contribution in [3.8, 4) is 0 Å². The first kappa shape index (κ1) is 14.2. The Morgan fingerprint density at radius 1 is 1.29 bits per heavy atom. The van der Waals surface area contributed by atoms with Gasteiger partial charge in [-0.15, -0.1) is 0 Å². The van der Waals surface area contributed by atoms with Crippen molar-refractivity contribution in [1.82, 2.24) is 10.3 Å². The van der Waals surface area contributed by atoms with Gasteiger partial charge in [-0.05, 0) is 29.9 Å². The van der Waals surface area contributed by atoms with E-state index < -0.39 is 0 Å². The molecule has 1 saturated carbocycles. The van der Waals surface area contributed by atoms with Gasteiger partial charge in [0.1, 0.15) is 0 Å². The second kappa shape index (κ2) is 5.92. The van der Waals surface area contributed by atoms with Crippen LogP contribution in [0.4, 0.5) is 0 Å². The van der Waals surface area contributed by atoms with Crippen LogP contribution in [0.25, 0.3) is 10.9 Å². The third-order valence-corrected chi connectivity index (χ3v) is 5.08. The number of hydrogen-bond acceptors (Lipinski definition) is 1. The summed E-state index contributed by atoms with van der Waals surface area (Å²) in [4.78, 5) is 15.6. The van der Waals surface area contributed by atoms with Crippen molar-refractivity contribution in [3.05, 3.63) is 36.0 Å². The highest BCUT2D eigenvalue weighted by Crippen LogP contribution is 2.29. The normalized spacial score (nSPS) is 25.9. The fraction of sp³-hybridized carbons (Fsp3) is 0.500. The number of H-pyrrole nitrogens is 1. The molecule has 0 saturated heterocycles. The molecule has 0 bridgehead atoms. The molecule has 21 heavy (non-hydrogen) atoms. The van der Waals surface area contributed by atoms with E-state index in [-0.39, 0.29) is 5.91 Å². The number of carbonyl (C=O) groups is 1. The number of carbonyl (C=O) groups excluding carboxylic acids is 1. The van der Waals surface area contributed by atoms with Crippen LogP contribution in [0, 0.1) is 11.8 Å². The first-order chi connectivity index (χ1) is 10.1. The minimum Gasteiger partial charge on any atom is -0.361 e. The number of para-hydroxylation sites is 1. The van der Waals surface area contributed by atoms with Gasteiger partial charge in [0.05, 0.1) is 6.42 Å². The molecule has 3 nitrogen and oxygen atoms in total. The minimum atomic E-state index is 0.144. The van der Waals surface area contributed by atoms with Gasteiger partial charge in [0, 0.05) is 23.1 Å². The summed E-state index contributed by atoms with van der Waals surface area (Å²) >= 11 is 0. The topological polar surface area (TPSA) is 44.9 Å². The summed E-state index contributed by atoms with van der Waals surface area (Å²) in [5, 5.41) is 4.40. The number of nitrogens with one attached hydrogen (secondary N) is 2. The Balaban J connectivity index is 1.66. The maximum absolute atomic E-state index is 12.3. The number of aromatic nitrogens is 1. The Morgan fingerprint density at radius 2 is 2.10 bits per heavy atom. The molecule has 3 rings (SSSR count). The van der Waals surface area contributed by atoms with E-state index in [0.717, 1.165) is 22.9 Å². The lowest BCUT2D eigenvalue weighted by atomic mass is 9.78. The van der Waals surface area contributed by atoms with Crippen LogP contribution in [-0.2, 0) is 11.2 Å². The largest absolute Gasteiger partial charge is 0.361 e. The van der Waals surface area contributed by atoms with Crippen LogP contribution in [0.1, 0.15) is 38.7 Å². The molecule has 1 amide bonds. The highest BCUT2D eigenvalue weighted by Gasteiger charge is 2.28. The lowest BCUT2D eigenvalue weighted by Gasteiger charge is -2.34. The Morgan fingerprint density at radius 3 is 2.95 bits per heavy atom. The van der Waals surface area contributed by atoms with Crippen LogP contribution in [-0.4, -0.2) is 16.9 Å². The Labute approximate surface area is 126 Å². The van der Waals surface area contributed by atoms with Gasteiger partial charge in [-0.25, -0.2) is 0 Å². The predicted octanol–water partition coefficient (Wildman–Crippen LogP) is 3.65. The van der Waals surface area contributed by atoms with Crippen LogP contribution in [0.3, 0.4) is 0 Å². The molecule has 2 aromatic rings. The monoisotopic (exact) mass is 284 g/mol. The Bertz CT molecular complexity index is 631. The molecule has 2 N–H and O–H groups in total. The van der Waals surface area contributed by atoms with E-state index in [4.69, 9.17) is 0 Å². The van der Waals surface area contributed by atoms with Gasteiger partial charge in [0.25, 0.3) is 0 Å². The third-order valence-electron chi connectivity index (χ3n) is 5.08. The molecule has 1 aliphatic carbocycles. The summed E-state index contributed by atoms with van der Waals surface area (Å²) in [6, 6.07) is 8.48. The smallest absolute Gasteiger partial charge is 0.224 e. The van der Waals surface area contributed by atoms with Gasteiger partial charge in [0.15, 0.2) is 0 Å².